The number of carbonyl (C=O) groups is 2. The lowest BCUT2D eigenvalue weighted by Crippen LogP contribution is -2.24. The van der Waals surface area contributed by atoms with Crippen LogP contribution in [-0.2, 0) is 14.8 Å². The van der Waals surface area contributed by atoms with Gasteiger partial charge in [0.25, 0.3) is 0 Å². The van der Waals surface area contributed by atoms with Crippen LogP contribution in [-0.4, -0.2) is 32.5 Å². The topological polar surface area (TPSA) is 89.5 Å². The van der Waals surface area contributed by atoms with Gasteiger partial charge >= 0.3 is 5.97 Å². The molecule has 0 fully saturated rings. The highest BCUT2D eigenvalue weighted by atomic mass is 32.2. The van der Waals surface area contributed by atoms with Gasteiger partial charge in [-0.2, -0.15) is 0 Å². The van der Waals surface area contributed by atoms with Gasteiger partial charge in [-0.05, 0) is 48.0 Å². The Labute approximate surface area is 163 Å². The smallest absolute Gasteiger partial charge is 0.339 e. The van der Waals surface area contributed by atoms with Gasteiger partial charge in [-0.3, -0.25) is 9.52 Å². The summed E-state index contributed by atoms with van der Waals surface area (Å²) in [6, 6.07) is 18.7. The molecular formula is C21H19NO5S. The molecule has 0 aromatic heterocycles. The standard InChI is InChI=1S/C21H19NO5S/c1-14(20(23)16-10-12-17(13-11-16)22-28(2,25)26)27-21(24)19-9-5-7-15-6-3-4-8-18(15)19/h3-14,22H,1-2H3/t14-/m0/s1. The van der Waals surface area contributed by atoms with E-state index in [-0.39, 0.29) is 5.78 Å². The molecule has 7 heteroatoms. The third kappa shape index (κ3) is 4.55. The lowest BCUT2D eigenvalue weighted by Gasteiger charge is -2.14. The molecule has 144 valence electrons. The molecule has 0 aliphatic heterocycles. The molecule has 28 heavy (non-hydrogen) atoms. The van der Waals surface area contributed by atoms with Crippen molar-refractivity contribution in [2.24, 2.45) is 0 Å². The SMILES string of the molecule is C[C@H](OC(=O)c1cccc2ccccc12)C(=O)c1ccc(NS(C)(=O)=O)cc1. The van der Waals surface area contributed by atoms with E-state index >= 15 is 0 Å². The highest BCUT2D eigenvalue weighted by Gasteiger charge is 2.21. The average molecular weight is 397 g/mol. The molecule has 0 radical (unpaired) electrons. The van der Waals surface area contributed by atoms with Crippen LogP contribution in [0, 0.1) is 0 Å². The van der Waals surface area contributed by atoms with Crippen molar-refractivity contribution in [2.45, 2.75) is 13.0 Å². The zero-order valence-corrected chi connectivity index (χ0v) is 16.2. The zero-order valence-electron chi connectivity index (χ0n) is 15.4. The molecule has 1 N–H and O–H groups in total. The summed E-state index contributed by atoms with van der Waals surface area (Å²) in [6.45, 7) is 1.51. The van der Waals surface area contributed by atoms with Crippen LogP contribution in [0.5, 0.6) is 0 Å². The van der Waals surface area contributed by atoms with Crippen LogP contribution < -0.4 is 4.72 Å². The number of hydrogen-bond acceptors (Lipinski definition) is 5. The number of rotatable bonds is 6. The van der Waals surface area contributed by atoms with E-state index in [2.05, 4.69) is 4.72 Å². The van der Waals surface area contributed by atoms with Crippen LogP contribution in [0.3, 0.4) is 0 Å². The maximum Gasteiger partial charge on any atom is 0.339 e. The molecule has 3 aromatic rings. The van der Waals surface area contributed by atoms with Crippen LogP contribution in [0.1, 0.15) is 27.6 Å². The number of nitrogens with one attached hydrogen (secondary N) is 1. The normalized spacial score (nSPS) is 12.4. The molecule has 0 spiro atoms. The van der Waals surface area contributed by atoms with Crippen molar-refractivity contribution in [3.63, 3.8) is 0 Å². The van der Waals surface area contributed by atoms with Gasteiger partial charge < -0.3 is 4.74 Å². The minimum Gasteiger partial charge on any atom is -0.451 e. The van der Waals surface area contributed by atoms with E-state index in [0.29, 0.717) is 16.8 Å². The maximum absolute atomic E-state index is 12.6. The molecule has 0 unspecified atom stereocenters. The van der Waals surface area contributed by atoms with Gasteiger partial charge in [-0.25, -0.2) is 13.2 Å². The number of benzene rings is 3. The summed E-state index contributed by atoms with van der Waals surface area (Å²) >= 11 is 0. The predicted molar refractivity (Wildman–Crippen MR) is 108 cm³/mol. The van der Waals surface area contributed by atoms with Gasteiger partial charge in [0.1, 0.15) is 0 Å². The highest BCUT2D eigenvalue weighted by Crippen LogP contribution is 2.20. The molecular weight excluding hydrogens is 378 g/mol. The molecule has 3 rings (SSSR count). The second-order valence-electron chi connectivity index (χ2n) is 6.39. The zero-order chi connectivity index (χ0) is 20.3. The van der Waals surface area contributed by atoms with Gasteiger partial charge in [-0.15, -0.1) is 0 Å². The summed E-state index contributed by atoms with van der Waals surface area (Å²) in [5.41, 5.74) is 1.06. The summed E-state index contributed by atoms with van der Waals surface area (Å²) in [4.78, 5) is 25.1. The number of Topliss-reactive ketones (excluding diaryl/α,β-unsaturated/α-hetero) is 1. The molecule has 0 aliphatic carbocycles. The fourth-order valence-electron chi connectivity index (χ4n) is 2.83. The molecule has 0 amide bonds. The predicted octanol–water partition coefficient (Wildman–Crippen LogP) is 3.64. The lowest BCUT2D eigenvalue weighted by molar-refractivity contribution is 0.0321. The van der Waals surface area contributed by atoms with Crippen LogP contribution in [0.25, 0.3) is 10.8 Å². The highest BCUT2D eigenvalue weighted by molar-refractivity contribution is 7.92. The van der Waals surface area contributed by atoms with Gasteiger partial charge in [0.05, 0.1) is 11.8 Å². The first-order valence-corrected chi connectivity index (χ1v) is 10.4. The number of carbonyl (C=O) groups excluding carboxylic acids is 2. The molecule has 0 saturated heterocycles. The Morgan fingerprint density at radius 2 is 1.57 bits per heavy atom. The van der Waals surface area contributed by atoms with Crippen LogP contribution >= 0.6 is 0 Å². The van der Waals surface area contributed by atoms with E-state index in [0.717, 1.165) is 17.0 Å². The number of fused-ring (bicyclic) bond motifs is 1. The molecule has 6 nitrogen and oxygen atoms in total. The van der Waals surface area contributed by atoms with Crippen LogP contribution in [0.2, 0.25) is 0 Å². The van der Waals surface area contributed by atoms with E-state index < -0.39 is 22.1 Å². The Morgan fingerprint density at radius 3 is 2.25 bits per heavy atom. The Balaban J connectivity index is 1.74. The second-order valence-corrected chi connectivity index (χ2v) is 8.14. The minimum atomic E-state index is -3.40. The van der Waals surface area contributed by atoms with Crippen LogP contribution in [0.15, 0.2) is 66.7 Å². The summed E-state index contributed by atoms with van der Waals surface area (Å²) in [5, 5.41) is 1.66. The van der Waals surface area contributed by atoms with Gasteiger partial charge in [0.2, 0.25) is 15.8 Å². The molecule has 0 saturated carbocycles. The first kappa shape index (κ1) is 19.6. The van der Waals surface area contributed by atoms with Crippen molar-refractivity contribution in [1.82, 2.24) is 0 Å². The summed E-state index contributed by atoms with van der Waals surface area (Å²) in [7, 11) is -3.40. The van der Waals surface area contributed by atoms with Crippen molar-refractivity contribution in [3.8, 4) is 0 Å². The van der Waals surface area contributed by atoms with E-state index in [4.69, 9.17) is 4.74 Å². The molecule has 3 aromatic carbocycles. The Bertz CT molecular complexity index is 1130. The fourth-order valence-corrected chi connectivity index (χ4v) is 3.40. The van der Waals surface area contributed by atoms with Gasteiger partial charge in [-0.1, -0.05) is 36.4 Å². The number of sulfonamides is 1. The Morgan fingerprint density at radius 1 is 0.929 bits per heavy atom. The van der Waals surface area contributed by atoms with Gasteiger partial charge in [0.15, 0.2) is 6.10 Å². The average Bonchev–Trinajstić information content (AvgIpc) is 2.66. The number of anilines is 1. The first-order valence-electron chi connectivity index (χ1n) is 8.55. The van der Waals surface area contributed by atoms with Crippen LogP contribution in [0.4, 0.5) is 5.69 Å². The van der Waals surface area contributed by atoms with Crippen molar-refractivity contribution >= 4 is 38.2 Å². The number of hydrogen-bond donors (Lipinski definition) is 1. The summed E-state index contributed by atoms with van der Waals surface area (Å²) in [5.74, 6) is -0.951. The Kier molecular flexibility index (Phi) is 5.46. The lowest BCUT2D eigenvalue weighted by atomic mass is 10.0. The summed E-state index contributed by atoms with van der Waals surface area (Å²) in [6.07, 6.45) is 0.0566. The van der Waals surface area contributed by atoms with Gasteiger partial charge in [0, 0.05) is 11.3 Å². The van der Waals surface area contributed by atoms with E-state index in [1.54, 1.807) is 12.1 Å². The second kappa shape index (κ2) is 7.82. The third-order valence-electron chi connectivity index (χ3n) is 4.14. The molecule has 0 bridgehead atoms. The van der Waals surface area contributed by atoms with Crippen molar-refractivity contribution in [3.05, 3.63) is 77.9 Å². The monoisotopic (exact) mass is 397 g/mol. The number of esters is 1. The number of ketones is 1. The largest absolute Gasteiger partial charge is 0.451 e. The van der Waals surface area contributed by atoms with Crippen molar-refractivity contribution in [1.29, 1.82) is 0 Å². The summed E-state index contributed by atoms with van der Waals surface area (Å²) < 4.78 is 30.2. The fraction of sp³-hybridized carbons (Fsp3) is 0.143. The number of ether oxygens (including phenoxy) is 1. The first-order chi connectivity index (χ1) is 13.2. The molecule has 1 atom stereocenters. The van der Waals surface area contributed by atoms with Crippen molar-refractivity contribution < 1.29 is 22.7 Å². The molecule has 0 heterocycles. The quantitative estimate of drug-likeness (QED) is 0.507. The van der Waals surface area contributed by atoms with E-state index in [1.165, 1.54) is 31.2 Å². The molecule has 0 aliphatic rings. The Hall–Kier alpha value is -3.19. The van der Waals surface area contributed by atoms with E-state index in [9.17, 15) is 18.0 Å². The van der Waals surface area contributed by atoms with Crippen molar-refractivity contribution in [2.75, 3.05) is 11.0 Å². The maximum atomic E-state index is 12.6. The third-order valence-corrected chi connectivity index (χ3v) is 4.74. The van der Waals surface area contributed by atoms with E-state index in [1.807, 2.05) is 30.3 Å². The minimum absolute atomic E-state index is 0.317.